The van der Waals surface area contributed by atoms with Crippen molar-refractivity contribution in [2.75, 3.05) is 20.1 Å². The summed E-state index contributed by atoms with van der Waals surface area (Å²) < 4.78 is 42.1. The van der Waals surface area contributed by atoms with Gasteiger partial charge in [0.2, 0.25) is 10.0 Å². The number of nitrogens with two attached hydrogens (primary N) is 1. The van der Waals surface area contributed by atoms with Crippen LogP contribution in [0.1, 0.15) is 18.4 Å². The number of halogens is 2. The fourth-order valence-electron chi connectivity index (χ4n) is 2.37. The van der Waals surface area contributed by atoms with Crippen LogP contribution in [0.2, 0.25) is 0 Å². The van der Waals surface area contributed by atoms with Crippen molar-refractivity contribution >= 4 is 26.0 Å². The number of rotatable bonds is 4. The lowest BCUT2D eigenvalue weighted by Crippen LogP contribution is -2.43. The molecule has 8 heteroatoms. The standard InChI is InChI=1S/C13H19BrFN3O2S/c1-18-4-2-11(3-5-18)17-21(19,20)12-7-10(14)6-9(8-16)13(12)15/h6-7,11,17H,2-5,8,16H2,1H3. The molecule has 0 aliphatic carbocycles. The van der Waals surface area contributed by atoms with Gasteiger partial charge in [0.1, 0.15) is 10.7 Å². The molecule has 1 aliphatic rings. The van der Waals surface area contributed by atoms with Gasteiger partial charge in [0.25, 0.3) is 0 Å². The highest BCUT2D eigenvalue weighted by molar-refractivity contribution is 9.10. The van der Waals surface area contributed by atoms with E-state index in [9.17, 15) is 12.8 Å². The maximum absolute atomic E-state index is 14.2. The van der Waals surface area contributed by atoms with E-state index in [0.29, 0.717) is 4.47 Å². The van der Waals surface area contributed by atoms with Crippen LogP contribution in [0.4, 0.5) is 4.39 Å². The summed E-state index contributed by atoms with van der Waals surface area (Å²) in [6.45, 7) is 1.59. The average Bonchev–Trinajstić information content (AvgIpc) is 2.43. The molecular formula is C13H19BrFN3O2S. The molecule has 1 fully saturated rings. The molecular weight excluding hydrogens is 361 g/mol. The molecule has 0 aromatic heterocycles. The van der Waals surface area contributed by atoms with Crippen LogP contribution in [0.15, 0.2) is 21.5 Å². The molecule has 0 unspecified atom stereocenters. The van der Waals surface area contributed by atoms with Gasteiger partial charge in [-0.05, 0) is 45.1 Å². The van der Waals surface area contributed by atoms with Crippen molar-refractivity contribution < 1.29 is 12.8 Å². The van der Waals surface area contributed by atoms with E-state index in [4.69, 9.17) is 5.73 Å². The number of benzene rings is 1. The Hall–Kier alpha value is -0.540. The van der Waals surface area contributed by atoms with Crippen molar-refractivity contribution in [2.45, 2.75) is 30.3 Å². The molecule has 3 N–H and O–H groups in total. The first-order valence-electron chi connectivity index (χ1n) is 6.72. The van der Waals surface area contributed by atoms with Gasteiger partial charge in [-0.3, -0.25) is 0 Å². The van der Waals surface area contributed by atoms with Crippen LogP contribution in [0.3, 0.4) is 0 Å². The predicted molar refractivity (Wildman–Crippen MR) is 82.8 cm³/mol. The Morgan fingerprint density at radius 3 is 2.62 bits per heavy atom. The highest BCUT2D eigenvalue weighted by Gasteiger charge is 2.27. The van der Waals surface area contributed by atoms with Gasteiger partial charge < -0.3 is 10.6 Å². The lowest BCUT2D eigenvalue weighted by atomic mass is 10.1. The molecule has 118 valence electrons. The second kappa shape index (κ2) is 6.70. The van der Waals surface area contributed by atoms with Crippen LogP contribution in [0.5, 0.6) is 0 Å². The summed E-state index contributed by atoms with van der Waals surface area (Å²) in [5, 5.41) is 0. The van der Waals surface area contributed by atoms with E-state index in [0.717, 1.165) is 25.9 Å². The van der Waals surface area contributed by atoms with Crippen LogP contribution < -0.4 is 10.5 Å². The van der Waals surface area contributed by atoms with Crippen molar-refractivity contribution in [3.8, 4) is 0 Å². The van der Waals surface area contributed by atoms with Crippen molar-refractivity contribution in [2.24, 2.45) is 5.73 Å². The van der Waals surface area contributed by atoms with Gasteiger partial charge in [-0.25, -0.2) is 17.5 Å². The van der Waals surface area contributed by atoms with E-state index >= 15 is 0 Å². The fourth-order valence-corrected chi connectivity index (χ4v) is 4.48. The molecule has 0 atom stereocenters. The Balaban J connectivity index is 2.25. The smallest absolute Gasteiger partial charge is 0.243 e. The normalized spacial score (nSPS) is 18.1. The topological polar surface area (TPSA) is 75.4 Å². The number of nitrogens with zero attached hydrogens (tertiary/aromatic N) is 1. The van der Waals surface area contributed by atoms with E-state index in [1.54, 1.807) is 0 Å². The van der Waals surface area contributed by atoms with Crippen LogP contribution in [-0.2, 0) is 16.6 Å². The summed E-state index contributed by atoms with van der Waals surface area (Å²) in [4.78, 5) is 1.79. The number of piperidine rings is 1. The van der Waals surface area contributed by atoms with Gasteiger partial charge in [-0.1, -0.05) is 15.9 Å². The summed E-state index contributed by atoms with van der Waals surface area (Å²) >= 11 is 3.19. The second-order valence-electron chi connectivity index (χ2n) is 5.28. The van der Waals surface area contributed by atoms with Gasteiger partial charge in [-0.2, -0.15) is 0 Å². The van der Waals surface area contributed by atoms with Crippen molar-refractivity contribution in [1.82, 2.24) is 9.62 Å². The van der Waals surface area contributed by atoms with Gasteiger partial charge in [-0.15, -0.1) is 0 Å². The third-order valence-corrected chi connectivity index (χ3v) is 5.61. The molecule has 0 amide bonds. The van der Waals surface area contributed by atoms with E-state index in [2.05, 4.69) is 25.6 Å². The molecule has 1 aromatic carbocycles. The van der Waals surface area contributed by atoms with E-state index in [-0.39, 0.29) is 23.0 Å². The van der Waals surface area contributed by atoms with E-state index < -0.39 is 15.8 Å². The van der Waals surface area contributed by atoms with E-state index in [1.165, 1.54) is 12.1 Å². The lowest BCUT2D eigenvalue weighted by molar-refractivity contribution is 0.248. The Bertz CT molecular complexity index is 616. The molecule has 1 aromatic rings. The first-order valence-corrected chi connectivity index (χ1v) is 9.00. The molecule has 2 rings (SSSR count). The zero-order valence-corrected chi connectivity index (χ0v) is 14.2. The van der Waals surface area contributed by atoms with Crippen LogP contribution in [0, 0.1) is 5.82 Å². The van der Waals surface area contributed by atoms with Gasteiger partial charge >= 0.3 is 0 Å². The average molecular weight is 380 g/mol. The Kier molecular flexibility index (Phi) is 5.37. The van der Waals surface area contributed by atoms with Gasteiger partial charge in [0.15, 0.2) is 0 Å². The first kappa shape index (κ1) is 16.8. The maximum atomic E-state index is 14.2. The predicted octanol–water partition coefficient (Wildman–Crippen LogP) is 1.42. The highest BCUT2D eigenvalue weighted by atomic mass is 79.9. The number of hydrogen-bond acceptors (Lipinski definition) is 4. The minimum absolute atomic E-state index is 0.0536. The third-order valence-electron chi connectivity index (χ3n) is 3.63. The molecule has 1 aliphatic heterocycles. The quantitative estimate of drug-likeness (QED) is 0.829. The zero-order chi connectivity index (χ0) is 15.6. The van der Waals surface area contributed by atoms with Crippen LogP contribution >= 0.6 is 15.9 Å². The largest absolute Gasteiger partial charge is 0.326 e. The molecule has 0 spiro atoms. The summed E-state index contributed by atoms with van der Waals surface area (Å²) in [6.07, 6.45) is 1.43. The zero-order valence-electron chi connectivity index (χ0n) is 11.8. The Morgan fingerprint density at radius 1 is 1.43 bits per heavy atom. The molecule has 21 heavy (non-hydrogen) atoms. The number of hydrogen-bond donors (Lipinski definition) is 2. The molecule has 1 saturated heterocycles. The summed E-state index contributed by atoms with van der Waals surface area (Å²) in [5.41, 5.74) is 5.62. The van der Waals surface area contributed by atoms with Crippen LogP contribution in [0.25, 0.3) is 0 Å². The van der Waals surface area contributed by atoms with Crippen molar-refractivity contribution in [3.63, 3.8) is 0 Å². The highest BCUT2D eigenvalue weighted by Crippen LogP contribution is 2.24. The number of sulfonamides is 1. The van der Waals surface area contributed by atoms with Crippen LogP contribution in [-0.4, -0.2) is 39.5 Å². The first-order chi connectivity index (χ1) is 9.83. The lowest BCUT2D eigenvalue weighted by Gasteiger charge is -2.29. The van der Waals surface area contributed by atoms with E-state index in [1.807, 2.05) is 7.05 Å². The molecule has 1 heterocycles. The van der Waals surface area contributed by atoms with Gasteiger partial charge in [0, 0.05) is 22.6 Å². The van der Waals surface area contributed by atoms with Gasteiger partial charge in [0.05, 0.1) is 0 Å². The SMILES string of the molecule is CN1CCC(NS(=O)(=O)c2cc(Br)cc(CN)c2F)CC1. The second-order valence-corrected chi connectivity index (χ2v) is 7.88. The monoisotopic (exact) mass is 379 g/mol. The number of nitrogens with one attached hydrogen (secondary N) is 1. The molecule has 0 radical (unpaired) electrons. The summed E-state index contributed by atoms with van der Waals surface area (Å²) in [7, 11) is -1.90. The van der Waals surface area contributed by atoms with Crippen molar-refractivity contribution in [3.05, 3.63) is 28.0 Å². The fraction of sp³-hybridized carbons (Fsp3) is 0.538. The molecule has 0 bridgehead atoms. The Morgan fingerprint density at radius 2 is 2.05 bits per heavy atom. The molecule has 5 nitrogen and oxygen atoms in total. The summed E-state index contributed by atoms with van der Waals surface area (Å²) in [6, 6.07) is 2.60. The minimum atomic E-state index is -3.89. The summed E-state index contributed by atoms with van der Waals surface area (Å²) in [5.74, 6) is -0.777. The number of likely N-dealkylation sites (tertiary alicyclic amines) is 1. The van der Waals surface area contributed by atoms with Crippen molar-refractivity contribution in [1.29, 1.82) is 0 Å². The maximum Gasteiger partial charge on any atom is 0.243 e. The Labute approximate surface area is 132 Å². The third kappa shape index (κ3) is 4.01. The minimum Gasteiger partial charge on any atom is -0.326 e. The molecule has 0 saturated carbocycles.